The van der Waals surface area contributed by atoms with E-state index in [0.29, 0.717) is 5.02 Å². The molecular formula is C10H12ClNO. The Balaban J connectivity index is 2.50. The highest BCUT2D eigenvalue weighted by molar-refractivity contribution is 6.32. The normalized spacial score (nSPS) is 15.2. The van der Waals surface area contributed by atoms with Crippen molar-refractivity contribution >= 4 is 17.3 Å². The van der Waals surface area contributed by atoms with E-state index in [-0.39, 0.29) is 0 Å². The van der Waals surface area contributed by atoms with Crippen LogP contribution >= 0.6 is 11.6 Å². The van der Waals surface area contributed by atoms with Gasteiger partial charge in [-0.3, -0.25) is 0 Å². The van der Waals surface area contributed by atoms with Crippen LogP contribution in [0.25, 0.3) is 0 Å². The fourth-order valence-electron chi connectivity index (χ4n) is 1.48. The van der Waals surface area contributed by atoms with E-state index in [1.54, 1.807) is 0 Å². The van der Waals surface area contributed by atoms with Crippen LogP contribution in [0.3, 0.4) is 0 Å². The van der Waals surface area contributed by atoms with Crippen molar-refractivity contribution in [3.05, 3.63) is 22.7 Å². The predicted molar refractivity (Wildman–Crippen MR) is 54.8 cm³/mol. The van der Waals surface area contributed by atoms with Gasteiger partial charge in [0.2, 0.25) is 0 Å². The number of fused-ring (bicyclic) bond motifs is 1. The molecule has 0 fully saturated rings. The summed E-state index contributed by atoms with van der Waals surface area (Å²) in [7, 11) is 0. The van der Waals surface area contributed by atoms with E-state index in [0.717, 1.165) is 31.0 Å². The first kappa shape index (κ1) is 8.70. The van der Waals surface area contributed by atoms with Crippen LogP contribution in [0, 0.1) is 6.92 Å². The minimum atomic E-state index is 0.690. The van der Waals surface area contributed by atoms with Gasteiger partial charge in [0.25, 0.3) is 0 Å². The molecule has 1 heterocycles. The van der Waals surface area contributed by atoms with E-state index < -0.39 is 0 Å². The molecule has 0 aromatic heterocycles. The maximum absolute atomic E-state index is 6.02. The molecule has 1 aliphatic heterocycles. The summed E-state index contributed by atoms with van der Waals surface area (Å²) in [5.41, 5.74) is 2.23. The van der Waals surface area contributed by atoms with Gasteiger partial charge in [-0.15, -0.1) is 0 Å². The Labute approximate surface area is 82.9 Å². The van der Waals surface area contributed by atoms with Crippen LogP contribution in [0.1, 0.15) is 12.0 Å². The molecule has 0 bridgehead atoms. The largest absolute Gasteiger partial charge is 0.490 e. The number of hydrogen-bond donors (Lipinski definition) is 1. The first-order valence-corrected chi connectivity index (χ1v) is 4.82. The molecule has 0 amide bonds. The van der Waals surface area contributed by atoms with Gasteiger partial charge in [-0.2, -0.15) is 0 Å². The average molecular weight is 198 g/mol. The van der Waals surface area contributed by atoms with Gasteiger partial charge in [0, 0.05) is 6.54 Å². The Morgan fingerprint density at radius 2 is 2.31 bits per heavy atom. The lowest BCUT2D eigenvalue weighted by molar-refractivity contribution is 0.323. The predicted octanol–water partition coefficient (Wildman–Crippen LogP) is 2.84. The molecule has 2 nitrogen and oxygen atoms in total. The molecule has 1 N–H and O–H groups in total. The topological polar surface area (TPSA) is 21.3 Å². The van der Waals surface area contributed by atoms with Gasteiger partial charge in [-0.05, 0) is 25.0 Å². The average Bonchev–Trinajstić information content (AvgIpc) is 2.37. The third-order valence-electron chi connectivity index (χ3n) is 2.19. The van der Waals surface area contributed by atoms with Crippen molar-refractivity contribution in [1.29, 1.82) is 0 Å². The molecule has 1 aliphatic rings. The second-order valence-electron chi connectivity index (χ2n) is 3.20. The Morgan fingerprint density at radius 3 is 3.15 bits per heavy atom. The van der Waals surface area contributed by atoms with Crippen molar-refractivity contribution in [3.8, 4) is 5.75 Å². The zero-order valence-corrected chi connectivity index (χ0v) is 8.32. The van der Waals surface area contributed by atoms with Crippen LogP contribution in [0.15, 0.2) is 12.1 Å². The van der Waals surface area contributed by atoms with Crippen LogP contribution in [-0.2, 0) is 0 Å². The third kappa shape index (κ3) is 1.59. The molecule has 0 radical (unpaired) electrons. The van der Waals surface area contributed by atoms with Crippen molar-refractivity contribution in [2.45, 2.75) is 13.3 Å². The molecule has 0 spiro atoms. The third-order valence-corrected chi connectivity index (χ3v) is 2.48. The van der Waals surface area contributed by atoms with E-state index in [2.05, 4.69) is 12.2 Å². The molecule has 0 saturated carbocycles. The second kappa shape index (κ2) is 3.46. The molecule has 3 heteroatoms. The zero-order chi connectivity index (χ0) is 9.26. The molecule has 1 aromatic rings. The summed E-state index contributed by atoms with van der Waals surface area (Å²) in [4.78, 5) is 0. The van der Waals surface area contributed by atoms with Crippen LogP contribution in [0.5, 0.6) is 5.75 Å². The first-order chi connectivity index (χ1) is 6.29. The summed E-state index contributed by atoms with van der Waals surface area (Å²) < 4.78 is 5.57. The first-order valence-electron chi connectivity index (χ1n) is 4.45. The Kier molecular flexibility index (Phi) is 2.32. The van der Waals surface area contributed by atoms with Gasteiger partial charge in [0.1, 0.15) is 0 Å². The van der Waals surface area contributed by atoms with Gasteiger partial charge in [0.05, 0.1) is 17.3 Å². The van der Waals surface area contributed by atoms with E-state index in [4.69, 9.17) is 16.3 Å². The lowest BCUT2D eigenvalue weighted by Crippen LogP contribution is -2.00. The van der Waals surface area contributed by atoms with Gasteiger partial charge in [-0.1, -0.05) is 17.7 Å². The molecule has 13 heavy (non-hydrogen) atoms. The van der Waals surface area contributed by atoms with E-state index >= 15 is 0 Å². The minimum Gasteiger partial charge on any atom is -0.490 e. The second-order valence-corrected chi connectivity index (χ2v) is 3.60. The fraction of sp³-hybridized carbons (Fsp3) is 0.400. The van der Waals surface area contributed by atoms with Gasteiger partial charge < -0.3 is 10.1 Å². The van der Waals surface area contributed by atoms with Gasteiger partial charge in [0.15, 0.2) is 5.75 Å². The standard InChI is InChI=1S/C10H12ClNO/c1-7-3-4-8(11)10-9(7)12-5-2-6-13-10/h3-4,12H,2,5-6H2,1H3. The van der Waals surface area contributed by atoms with E-state index in [1.165, 1.54) is 5.56 Å². The highest BCUT2D eigenvalue weighted by atomic mass is 35.5. The Morgan fingerprint density at radius 1 is 1.46 bits per heavy atom. The number of aryl methyl sites for hydroxylation is 1. The summed E-state index contributed by atoms with van der Waals surface area (Å²) >= 11 is 6.02. The molecule has 0 atom stereocenters. The molecule has 70 valence electrons. The number of nitrogens with one attached hydrogen (secondary N) is 1. The highest BCUT2D eigenvalue weighted by Crippen LogP contribution is 2.36. The lowest BCUT2D eigenvalue weighted by Gasteiger charge is -2.11. The van der Waals surface area contributed by atoms with Crippen LogP contribution in [0.2, 0.25) is 5.02 Å². The molecule has 2 rings (SSSR count). The number of rotatable bonds is 0. The number of halogens is 1. The smallest absolute Gasteiger partial charge is 0.161 e. The molecular weight excluding hydrogens is 186 g/mol. The van der Waals surface area contributed by atoms with Gasteiger partial charge in [-0.25, -0.2) is 0 Å². The van der Waals surface area contributed by atoms with Crippen molar-refractivity contribution in [2.75, 3.05) is 18.5 Å². The highest BCUT2D eigenvalue weighted by Gasteiger charge is 2.13. The summed E-state index contributed by atoms with van der Waals surface area (Å²) in [6.07, 6.45) is 1.02. The van der Waals surface area contributed by atoms with Crippen LogP contribution in [-0.4, -0.2) is 13.2 Å². The number of anilines is 1. The van der Waals surface area contributed by atoms with Crippen molar-refractivity contribution in [3.63, 3.8) is 0 Å². The lowest BCUT2D eigenvalue weighted by atomic mass is 10.2. The minimum absolute atomic E-state index is 0.690. The summed E-state index contributed by atoms with van der Waals surface area (Å²) in [5.74, 6) is 0.805. The Bertz CT molecular complexity index is 294. The summed E-state index contributed by atoms with van der Waals surface area (Å²) in [6.45, 7) is 3.74. The van der Waals surface area contributed by atoms with Crippen LogP contribution < -0.4 is 10.1 Å². The maximum atomic E-state index is 6.02. The van der Waals surface area contributed by atoms with Crippen molar-refractivity contribution in [2.24, 2.45) is 0 Å². The molecule has 1 aromatic carbocycles. The van der Waals surface area contributed by atoms with Crippen LogP contribution in [0.4, 0.5) is 5.69 Å². The van der Waals surface area contributed by atoms with E-state index in [9.17, 15) is 0 Å². The van der Waals surface area contributed by atoms with Crippen molar-refractivity contribution < 1.29 is 4.74 Å². The zero-order valence-electron chi connectivity index (χ0n) is 7.56. The number of benzene rings is 1. The fourth-order valence-corrected chi connectivity index (χ4v) is 1.69. The monoisotopic (exact) mass is 197 g/mol. The van der Waals surface area contributed by atoms with Crippen molar-refractivity contribution in [1.82, 2.24) is 0 Å². The SMILES string of the molecule is Cc1ccc(Cl)c2c1NCCCO2. The quantitative estimate of drug-likeness (QED) is 0.691. The van der Waals surface area contributed by atoms with Gasteiger partial charge >= 0.3 is 0 Å². The van der Waals surface area contributed by atoms with E-state index in [1.807, 2.05) is 12.1 Å². The Hall–Kier alpha value is -0.890. The molecule has 0 saturated heterocycles. The molecule has 0 unspecified atom stereocenters. The number of hydrogen-bond acceptors (Lipinski definition) is 2. The summed E-state index contributed by atoms with van der Waals surface area (Å²) in [5, 5.41) is 4.01. The summed E-state index contributed by atoms with van der Waals surface area (Å²) in [6, 6.07) is 3.88. The molecule has 0 aliphatic carbocycles. The maximum Gasteiger partial charge on any atom is 0.161 e. The number of ether oxygens (including phenoxy) is 1.